The molecule has 0 heterocycles. The number of rotatable bonds is 10. The first-order chi connectivity index (χ1) is 18.9. The highest BCUT2D eigenvalue weighted by atomic mass is 79.9. The number of benzene rings is 2. The van der Waals surface area contributed by atoms with Gasteiger partial charge in [-0.3, -0.25) is 14.4 Å². The van der Waals surface area contributed by atoms with Gasteiger partial charge in [-0.25, -0.2) is 0 Å². The van der Waals surface area contributed by atoms with Crippen molar-refractivity contribution >= 4 is 45.1 Å². The van der Waals surface area contributed by atoms with Crippen molar-refractivity contribution in [1.29, 1.82) is 0 Å². The fourth-order valence-corrected chi connectivity index (χ4v) is 6.68. The molecule has 2 amide bonds. The molecule has 2 aromatic rings. The van der Waals surface area contributed by atoms with Gasteiger partial charge in [-0.05, 0) is 61.9 Å². The number of nitrogens with one attached hydrogen (secondary N) is 2. The largest absolute Gasteiger partial charge is 0.353 e. The quantitative estimate of drug-likeness (QED) is 0.213. The van der Waals surface area contributed by atoms with E-state index in [-0.39, 0.29) is 29.7 Å². The Labute approximate surface area is 246 Å². The molecule has 4 rings (SSSR count). The molecule has 0 saturated heterocycles. The molecule has 2 aliphatic rings. The molecule has 0 radical (unpaired) electrons. The molecule has 210 valence electrons. The van der Waals surface area contributed by atoms with Crippen LogP contribution in [0.15, 0.2) is 53.0 Å². The average Bonchev–Trinajstić information content (AvgIpc) is 2.94. The molecule has 39 heavy (non-hydrogen) atoms. The van der Waals surface area contributed by atoms with Crippen molar-refractivity contribution in [2.45, 2.75) is 95.6 Å². The maximum absolute atomic E-state index is 14.1. The van der Waals surface area contributed by atoms with Crippen LogP contribution in [0.25, 0.3) is 0 Å². The van der Waals surface area contributed by atoms with Gasteiger partial charge in [0.25, 0.3) is 0 Å². The highest BCUT2D eigenvalue weighted by Crippen LogP contribution is 2.38. The van der Waals surface area contributed by atoms with Crippen molar-refractivity contribution in [2.24, 2.45) is 11.8 Å². The summed E-state index contributed by atoms with van der Waals surface area (Å²) in [4.78, 5) is 42.2. The van der Waals surface area contributed by atoms with E-state index >= 15 is 0 Å². The summed E-state index contributed by atoms with van der Waals surface area (Å²) in [5.74, 6) is -2.85. The summed E-state index contributed by atoms with van der Waals surface area (Å²) in [6, 6.07) is 14.7. The van der Waals surface area contributed by atoms with E-state index in [0.29, 0.717) is 17.0 Å². The highest BCUT2D eigenvalue weighted by Gasteiger charge is 2.43. The zero-order valence-electron chi connectivity index (χ0n) is 22.8. The Morgan fingerprint density at radius 3 is 1.74 bits per heavy atom. The van der Waals surface area contributed by atoms with Crippen LogP contribution in [0.3, 0.4) is 0 Å². The minimum Gasteiger partial charge on any atom is -0.353 e. The molecule has 2 atom stereocenters. The normalized spacial score (nSPS) is 18.4. The third kappa shape index (κ3) is 7.94. The predicted molar refractivity (Wildman–Crippen MR) is 160 cm³/mol. The first-order valence-corrected chi connectivity index (χ1v) is 15.7. The molecule has 2 aliphatic carbocycles. The maximum atomic E-state index is 14.1. The van der Waals surface area contributed by atoms with E-state index in [0.717, 1.165) is 61.4 Å². The van der Waals surface area contributed by atoms with E-state index in [4.69, 9.17) is 11.6 Å². The van der Waals surface area contributed by atoms with Crippen molar-refractivity contribution in [3.63, 3.8) is 0 Å². The lowest BCUT2D eigenvalue weighted by Crippen LogP contribution is -2.51. The van der Waals surface area contributed by atoms with Crippen molar-refractivity contribution in [1.82, 2.24) is 10.6 Å². The van der Waals surface area contributed by atoms with Crippen LogP contribution in [-0.2, 0) is 9.59 Å². The Bertz CT molecular complexity index is 1080. The Morgan fingerprint density at radius 2 is 1.28 bits per heavy atom. The molecule has 2 N–H and O–H groups in total. The van der Waals surface area contributed by atoms with E-state index in [1.165, 1.54) is 12.8 Å². The molecular weight excluding hydrogens is 576 g/mol. The first-order valence-electron chi connectivity index (χ1n) is 14.5. The molecule has 2 saturated carbocycles. The third-order valence-electron chi connectivity index (χ3n) is 8.42. The van der Waals surface area contributed by atoms with Crippen molar-refractivity contribution in [3.05, 3.63) is 69.2 Å². The summed E-state index contributed by atoms with van der Waals surface area (Å²) in [5, 5.41) is 7.01. The predicted octanol–water partition coefficient (Wildman–Crippen LogP) is 7.61. The summed E-state index contributed by atoms with van der Waals surface area (Å²) in [5.41, 5.74) is 1.35. The number of carbonyl (C=O) groups excluding carboxylic acids is 3. The molecule has 0 spiro atoms. The fraction of sp³-hybridized carbons (Fsp3) is 0.531. The Morgan fingerprint density at radius 1 is 0.795 bits per heavy atom. The van der Waals surface area contributed by atoms with Crippen LogP contribution in [0.1, 0.15) is 99.4 Å². The Hall–Kier alpha value is -2.18. The molecular formula is C32H40BrClN2O3. The smallest absolute Gasteiger partial charge is 0.233 e. The minimum atomic E-state index is -1.03. The van der Waals surface area contributed by atoms with Gasteiger partial charge in [0.05, 0.1) is 0 Å². The van der Waals surface area contributed by atoms with Gasteiger partial charge in [0.2, 0.25) is 11.8 Å². The lowest BCUT2D eigenvalue weighted by atomic mass is 9.71. The van der Waals surface area contributed by atoms with Gasteiger partial charge >= 0.3 is 0 Å². The summed E-state index contributed by atoms with van der Waals surface area (Å²) in [7, 11) is 0. The van der Waals surface area contributed by atoms with Crippen LogP contribution in [0.4, 0.5) is 0 Å². The van der Waals surface area contributed by atoms with Crippen LogP contribution in [0, 0.1) is 11.8 Å². The summed E-state index contributed by atoms with van der Waals surface area (Å²) < 4.78 is 0.887. The van der Waals surface area contributed by atoms with Crippen LogP contribution in [0.5, 0.6) is 0 Å². The van der Waals surface area contributed by atoms with E-state index in [1.807, 2.05) is 31.2 Å². The lowest BCUT2D eigenvalue weighted by Gasteiger charge is -2.34. The van der Waals surface area contributed by atoms with E-state index in [9.17, 15) is 14.4 Å². The standard InChI is InChI=1S/C32H40BrClN2O3/c1-2-27(30(37)22-13-17-23(33)18-14-22)28(21-15-19-24(34)20-16-21)29(31(38)35-25-9-5-3-6-10-25)32(39)36-26-11-7-4-8-12-26/h13-20,25-29H,2-12H2,1H3,(H,35,38)(H,36,39)/t27-,28+/m1/s1. The van der Waals surface area contributed by atoms with Crippen LogP contribution in [-0.4, -0.2) is 29.7 Å². The van der Waals surface area contributed by atoms with Gasteiger partial charge in [0.15, 0.2) is 5.78 Å². The summed E-state index contributed by atoms with van der Waals surface area (Å²) in [6.07, 6.45) is 10.8. The molecule has 0 aliphatic heterocycles. The highest BCUT2D eigenvalue weighted by molar-refractivity contribution is 9.10. The molecule has 7 heteroatoms. The monoisotopic (exact) mass is 614 g/mol. The first kappa shape index (κ1) is 29.8. The second-order valence-electron chi connectivity index (χ2n) is 11.1. The number of carbonyl (C=O) groups is 3. The van der Waals surface area contributed by atoms with Gasteiger partial charge in [-0.1, -0.05) is 97.2 Å². The zero-order valence-corrected chi connectivity index (χ0v) is 25.1. The molecule has 2 fully saturated rings. The number of Topliss-reactive ketones (excluding diaryl/α,β-unsaturated/α-hetero) is 1. The number of hydrogen-bond acceptors (Lipinski definition) is 3. The fourth-order valence-electron chi connectivity index (χ4n) is 6.29. The number of ketones is 1. The number of hydrogen-bond donors (Lipinski definition) is 2. The van der Waals surface area contributed by atoms with Gasteiger partial charge in [0.1, 0.15) is 5.92 Å². The van der Waals surface area contributed by atoms with Crippen LogP contribution in [0.2, 0.25) is 5.02 Å². The topological polar surface area (TPSA) is 75.3 Å². The molecule has 5 nitrogen and oxygen atoms in total. The number of amides is 2. The Kier molecular flexibility index (Phi) is 11.0. The lowest BCUT2D eigenvalue weighted by molar-refractivity contribution is -0.137. The maximum Gasteiger partial charge on any atom is 0.233 e. The van der Waals surface area contributed by atoms with Gasteiger partial charge in [-0.2, -0.15) is 0 Å². The van der Waals surface area contributed by atoms with E-state index < -0.39 is 17.8 Å². The Balaban J connectivity index is 1.74. The molecule has 0 unspecified atom stereocenters. The van der Waals surface area contributed by atoms with Crippen LogP contribution < -0.4 is 10.6 Å². The average molecular weight is 616 g/mol. The second-order valence-corrected chi connectivity index (χ2v) is 12.5. The second kappa shape index (κ2) is 14.5. The van der Waals surface area contributed by atoms with Gasteiger partial charge < -0.3 is 10.6 Å². The van der Waals surface area contributed by atoms with E-state index in [2.05, 4.69) is 26.6 Å². The SMILES string of the molecule is CC[C@@H](C(=O)c1ccc(Br)cc1)[C@H](c1ccc(Cl)cc1)C(C(=O)NC1CCCCC1)C(=O)NC1CCCCC1. The molecule has 0 aromatic heterocycles. The van der Waals surface area contributed by atoms with Gasteiger partial charge in [-0.15, -0.1) is 0 Å². The third-order valence-corrected chi connectivity index (χ3v) is 9.20. The molecule has 2 aromatic carbocycles. The van der Waals surface area contributed by atoms with Crippen LogP contribution >= 0.6 is 27.5 Å². The zero-order chi connectivity index (χ0) is 27.8. The van der Waals surface area contributed by atoms with Gasteiger partial charge in [0, 0.05) is 39.0 Å². The molecule has 0 bridgehead atoms. The van der Waals surface area contributed by atoms with Crippen molar-refractivity contribution in [3.8, 4) is 0 Å². The van der Waals surface area contributed by atoms with Crippen molar-refractivity contribution < 1.29 is 14.4 Å². The van der Waals surface area contributed by atoms with Crippen molar-refractivity contribution in [2.75, 3.05) is 0 Å². The number of halogens is 2. The summed E-state index contributed by atoms with van der Waals surface area (Å²) in [6.45, 7) is 1.96. The van der Waals surface area contributed by atoms with E-state index in [1.54, 1.807) is 24.3 Å². The summed E-state index contributed by atoms with van der Waals surface area (Å²) >= 11 is 9.68. The minimum absolute atomic E-state index is 0.0596.